The van der Waals surface area contributed by atoms with Gasteiger partial charge in [0.05, 0.1) is 6.61 Å². The molecule has 0 saturated carbocycles. The number of hydrogen-bond acceptors (Lipinski definition) is 2. The van der Waals surface area contributed by atoms with Crippen LogP contribution >= 0.6 is 11.6 Å². The van der Waals surface area contributed by atoms with Crippen molar-refractivity contribution in [3.63, 3.8) is 0 Å². The van der Waals surface area contributed by atoms with Gasteiger partial charge in [0, 0.05) is 17.1 Å². The van der Waals surface area contributed by atoms with Gasteiger partial charge >= 0.3 is 0 Å². The van der Waals surface area contributed by atoms with Crippen LogP contribution in [-0.2, 0) is 4.79 Å². The Hall–Kier alpha value is -2.00. The second-order valence-corrected chi connectivity index (χ2v) is 6.59. The predicted molar refractivity (Wildman–Crippen MR) is 100 cm³/mol. The SMILES string of the molecule is Cc1cc(Cl)ccc1OCCCC(=O)Nc1ccccc1C(C)C. The first kappa shape index (κ1) is 18.3. The average molecular weight is 346 g/mol. The maximum Gasteiger partial charge on any atom is 0.224 e. The summed E-state index contributed by atoms with van der Waals surface area (Å²) in [5.41, 5.74) is 3.05. The molecule has 0 bridgehead atoms. The van der Waals surface area contributed by atoms with Crippen molar-refractivity contribution in [1.82, 2.24) is 0 Å². The number of ether oxygens (including phenoxy) is 1. The van der Waals surface area contributed by atoms with Crippen molar-refractivity contribution in [3.05, 3.63) is 58.6 Å². The van der Waals surface area contributed by atoms with E-state index in [2.05, 4.69) is 19.2 Å². The molecular weight excluding hydrogens is 322 g/mol. The molecule has 1 amide bonds. The molecule has 1 N–H and O–H groups in total. The Morgan fingerprint density at radius 3 is 2.67 bits per heavy atom. The van der Waals surface area contributed by atoms with Gasteiger partial charge in [-0.1, -0.05) is 43.6 Å². The van der Waals surface area contributed by atoms with Crippen molar-refractivity contribution < 1.29 is 9.53 Å². The molecule has 2 rings (SSSR count). The van der Waals surface area contributed by atoms with Crippen LogP contribution in [-0.4, -0.2) is 12.5 Å². The van der Waals surface area contributed by atoms with Gasteiger partial charge in [0.25, 0.3) is 0 Å². The quantitative estimate of drug-likeness (QED) is 0.666. The van der Waals surface area contributed by atoms with Gasteiger partial charge in [-0.15, -0.1) is 0 Å². The zero-order valence-electron chi connectivity index (χ0n) is 14.4. The lowest BCUT2D eigenvalue weighted by Crippen LogP contribution is -2.14. The molecule has 4 heteroatoms. The van der Waals surface area contributed by atoms with E-state index in [-0.39, 0.29) is 5.91 Å². The van der Waals surface area contributed by atoms with Crippen LogP contribution in [0.15, 0.2) is 42.5 Å². The number of carbonyl (C=O) groups is 1. The second-order valence-electron chi connectivity index (χ2n) is 6.15. The fourth-order valence-corrected chi connectivity index (χ4v) is 2.74. The normalized spacial score (nSPS) is 10.7. The van der Waals surface area contributed by atoms with Gasteiger partial charge < -0.3 is 10.1 Å². The van der Waals surface area contributed by atoms with Gasteiger partial charge in [-0.3, -0.25) is 4.79 Å². The van der Waals surface area contributed by atoms with Crippen LogP contribution in [0.2, 0.25) is 5.02 Å². The monoisotopic (exact) mass is 345 g/mol. The molecule has 2 aromatic rings. The summed E-state index contributed by atoms with van der Waals surface area (Å²) in [7, 11) is 0. The topological polar surface area (TPSA) is 38.3 Å². The number of para-hydroxylation sites is 1. The second kappa shape index (κ2) is 8.74. The van der Waals surface area contributed by atoms with Crippen LogP contribution in [0, 0.1) is 6.92 Å². The number of hydrogen-bond donors (Lipinski definition) is 1. The Kier molecular flexibility index (Phi) is 6.68. The molecule has 0 aliphatic carbocycles. The van der Waals surface area contributed by atoms with E-state index in [0.717, 1.165) is 22.6 Å². The maximum absolute atomic E-state index is 12.1. The average Bonchev–Trinajstić information content (AvgIpc) is 2.53. The molecule has 24 heavy (non-hydrogen) atoms. The highest BCUT2D eigenvalue weighted by Gasteiger charge is 2.09. The highest BCUT2D eigenvalue weighted by molar-refractivity contribution is 6.30. The molecule has 0 aromatic heterocycles. The van der Waals surface area contributed by atoms with Gasteiger partial charge in [-0.05, 0) is 54.7 Å². The molecule has 0 aliphatic rings. The molecule has 0 spiro atoms. The Morgan fingerprint density at radius 1 is 1.21 bits per heavy atom. The zero-order valence-corrected chi connectivity index (χ0v) is 15.2. The van der Waals surface area contributed by atoms with E-state index in [1.54, 1.807) is 6.07 Å². The number of amides is 1. The third-order valence-corrected chi connectivity index (χ3v) is 4.03. The molecule has 0 atom stereocenters. The molecule has 128 valence electrons. The van der Waals surface area contributed by atoms with E-state index in [1.807, 2.05) is 43.3 Å². The minimum Gasteiger partial charge on any atom is -0.493 e. The summed E-state index contributed by atoms with van der Waals surface area (Å²) in [5.74, 6) is 1.20. The van der Waals surface area contributed by atoms with Gasteiger partial charge in [-0.25, -0.2) is 0 Å². The molecule has 0 saturated heterocycles. The van der Waals surface area contributed by atoms with Crippen LogP contribution < -0.4 is 10.1 Å². The summed E-state index contributed by atoms with van der Waals surface area (Å²) < 4.78 is 5.72. The first-order valence-electron chi connectivity index (χ1n) is 8.25. The van der Waals surface area contributed by atoms with Gasteiger partial charge in [0.1, 0.15) is 5.75 Å². The first-order chi connectivity index (χ1) is 11.5. The molecule has 3 nitrogen and oxygen atoms in total. The number of anilines is 1. The van der Waals surface area contributed by atoms with E-state index in [1.165, 1.54) is 0 Å². The van der Waals surface area contributed by atoms with E-state index < -0.39 is 0 Å². The van der Waals surface area contributed by atoms with Crippen molar-refractivity contribution in [2.75, 3.05) is 11.9 Å². The fourth-order valence-electron chi connectivity index (χ4n) is 2.52. The highest BCUT2D eigenvalue weighted by atomic mass is 35.5. The van der Waals surface area contributed by atoms with E-state index in [4.69, 9.17) is 16.3 Å². The summed E-state index contributed by atoms with van der Waals surface area (Å²) in [6.07, 6.45) is 1.09. The van der Waals surface area contributed by atoms with E-state index in [9.17, 15) is 4.79 Å². The minimum absolute atomic E-state index is 0.0135. The van der Waals surface area contributed by atoms with Gasteiger partial charge in [0.2, 0.25) is 5.91 Å². The molecule has 0 aliphatic heterocycles. The number of aryl methyl sites for hydroxylation is 1. The van der Waals surface area contributed by atoms with Gasteiger partial charge in [0.15, 0.2) is 0 Å². The number of benzene rings is 2. The first-order valence-corrected chi connectivity index (χ1v) is 8.63. The standard InChI is InChI=1S/C20H24ClNO2/c1-14(2)17-7-4-5-8-18(17)22-20(23)9-6-12-24-19-11-10-16(21)13-15(19)3/h4-5,7-8,10-11,13-14H,6,9,12H2,1-3H3,(H,22,23). The third kappa shape index (κ3) is 5.27. The van der Waals surface area contributed by atoms with E-state index >= 15 is 0 Å². The number of halogens is 1. The van der Waals surface area contributed by atoms with Crippen LogP contribution in [0.3, 0.4) is 0 Å². The zero-order chi connectivity index (χ0) is 17.5. The van der Waals surface area contributed by atoms with Crippen molar-refractivity contribution in [3.8, 4) is 5.75 Å². The van der Waals surface area contributed by atoms with Crippen LogP contribution in [0.4, 0.5) is 5.69 Å². The smallest absolute Gasteiger partial charge is 0.224 e. The highest BCUT2D eigenvalue weighted by Crippen LogP contribution is 2.24. The van der Waals surface area contributed by atoms with Crippen molar-refractivity contribution in [2.45, 2.75) is 39.5 Å². The Labute approximate surface area is 149 Å². The number of nitrogens with one attached hydrogen (secondary N) is 1. The summed E-state index contributed by atoms with van der Waals surface area (Å²) in [6.45, 7) is 6.69. The third-order valence-electron chi connectivity index (χ3n) is 3.80. The molecule has 0 radical (unpaired) electrons. The lowest BCUT2D eigenvalue weighted by molar-refractivity contribution is -0.116. The molecule has 0 unspecified atom stereocenters. The van der Waals surface area contributed by atoms with Crippen molar-refractivity contribution in [1.29, 1.82) is 0 Å². The van der Waals surface area contributed by atoms with Crippen LogP contribution in [0.25, 0.3) is 0 Å². The lowest BCUT2D eigenvalue weighted by atomic mass is 10.0. The van der Waals surface area contributed by atoms with Crippen molar-refractivity contribution >= 4 is 23.2 Å². The summed E-state index contributed by atoms with van der Waals surface area (Å²) >= 11 is 5.92. The summed E-state index contributed by atoms with van der Waals surface area (Å²) in [4.78, 5) is 12.1. The summed E-state index contributed by atoms with van der Waals surface area (Å²) in [6, 6.07) is 13.5. The Morgan fingerprint density at radius 2 is 1.96 bits per heavy atom. The van der Waals surface area contributed by atoms with Crippen LogP contribution in [0.5, 0.6) is 5.75 Å². The van der Waals surface area contributed by atoms with E-state index in [0.29, 0.717) is 30.4 Å². The fraction of sp³-hybridized carbons (Fsp3) is 0.350. The molecular formula is C20H24ClNO2. The van der Waals surface area contributed by atoms with Gasteiger partial charge in [-0.2, -0.15) is 0 Å². The predicted octanol–water partition coefficient (Wildman–Crippen LogP) is 5.57. The Balaban J connectivity index is 1.80. The largest absolute Gasteiger partial charge is 0.493 e. The van der Waals surface area contributed by atoms with Crippen LogP contribution in [0.1, 0.15) is 43.7 Å². The number of rotatable bonds is 7. The minimum atomic E-state index is 0.0135. The Bertz CT molecular complexity index is 698. The molecule has 2 aromatic carbocycles. The molecule has 0 fully saturated rings. The summed E-state index contributed by atoms with van der Waals surface area (Å²) in [5, 5.41) is 3.69. The number of carbonyl (C=O) groups excluding carboxylic acids is 1. The maximum atomic E-state index is 12.1. The molecule has 0 heterocycles. The van der Waals surface area contributed by atoms with Crippen molar-refractivity contribution in [2.24, 2.45) is 0 Å². The lowest BCUT2D eigenvalue weighted by Gasteiger charge is -2.14.